The van der Waals surface area contributed by atoms with E-state index in [-0.39, 0.29) is 0 Å². The van der Waals surface area contributed by atoms with Crippen LogP contribution in [0.2, 0.25) is 0 Å². The van der Waals surface area contributed by atoms with Gasteiger partial charge in [0.25, 0.3) is 0 Å². The number of unbranched alkanes of at least 4 members (excludes halogenated alkanes) is 9. The van der Waals surface area contributed by atoms with Crippen molar-refractivity contribution in [3.63, 3.8) is 0 Å². The normalized spacial score (nSPS) is 11.4. The molecule has 0 saturated heterocycles. The number of rotatable bonds is 39. The maximum absolute atomic E-state index is 5.65. The average Bonchev–Trinajstić information content (AvgIpc) is 3.08. The average molecular weight is 674 g/mol. The van der Waals surface area contributed by atoms with E-state index in [9.17, 15) is 0 Å². The van der Waals surface area contributed by atoms with Crippen molar-refractivity contribution >= 4 is 5.69 Å². The van der Waals surface area contributed by atoms with Gasteiger partial charge in [-0.3, -0.25) is 0 Å². The number of benzene rings is 1. The molecule has 11 nitrogen and oxygen atoms in total. The van der Waals surface area contributed by atoms with Crippen LogP contribution in [0.3, 0.4) is 0 Å². The van der Waals surface area contributed by atoms with Gasteiger partial charge in [0.2, 0.25) is 0 Å². The van der Waals surface area contributed by atoms with Crippen molar-refractivity contribution < 1.29 is 47.4 Å². The predicted molar refractivity (Wildman–Crippen MR) is 186 cm³/mol. The molecule has 0 aliphatic heterocycles. The highest BCUT2D eigenvalue weighted by molar-refractivity contribution is 5.41. The van der Waals surface area contributed by atoms with Crippen molar-refractivity contribution in [1.29, 1.82) is 0 Å². The Morgan fingerprint density at radius 1 is 0.340 bits per heavy atom. The first-order valence-corrected chi connectivity index (χ1v) is 18.0. The van der Waals surface area contributed by atoms with Crippen LogP contribution in [0.15, 0.2) is 24.3 Å². The standard InChI is InChI=1S/C36H67NO10/c1-2-3-4-5-6-7-8-9-10-11-16-38-17-18-39-19-20-40-21-22-41-23-24-42-25-26-43-27-28-44-29-30-45-31-32-46-33-34-47-36-14-12-35(37)13-15-36/h12-15H,2-11,16-34,37H2,1H3. The van der Waals surface area contributed by atoms with E-state index >= 15 is 0 Å². The molecule has 0 saturated carbocycles. The molecule has 1 aromatic rings. The Kier molecular flexibility index (Phi) is 34.5. The molecule has 0 radical (unpaired) electrons. The van der Waals surface area contributed by atoms with E-state index < -0.39 is 0 Å². The summed E-state index contributed by atoms with van der Waals surface area (Å²) in [5.74, 6) is 0.777. The molecule has 0 aliphatic carbocycles. The largest absolute Gasteiger partial charge is 0.491 e. The summed E-state index contributed by atoms with van der Waals surface area (Å²) in [4.78, 5) is 0. The Bertz CT molecular complexity index is 728. The van der Waals surface area contributed by atoms with Crippen LogP contribution in [-0.4, -0.2) is 126 Å². The van der Waals surface area contributed by atoms with Gasteiger partial charge in [-0.25, -0.2) is 0 Å². The molecule has 0 aliphatic rings. The van der Waals surface area contributed by atoms with E-state index in [2.05, 4.69) is 6.92 Å². The topological polar surface area (TPSA) is 118 Å². The lowest BCUT2D eigenvalue weighted by molar-refractivity contribution is -0.0254. The van der Waals surface area contributed by atoms with E-state index in [1.165, 1.54) is 57.8 Å². The van der Waals surface area contributed by atoms with Crippen LogP contribution < -0.4 is 10.5 Å². The first-order chi connectivity index (χ1) is 23.3. The molecule has 1 aromatic carbocycles. The lowest BCUT2D eigenvalue weighted by Crippen LogP contribution is -2.15. The fraction of sp³-hybridized carbons (Fsp3) is 0.833. The van der Waals surface area contributed by atoms with Crippen molar-refractivity contribution in [1.82, 2.24) is 0 Å². The van der Waals surface area contributed by atoms with Crippen LogP contribution in [0, 0.1) is 0 Å². The Morgan fingerprint density at radius 3 is 0.957 bits per heavy atom. The second-order valence-corrected chi connectivity index (χ2v) is 11.1. The second kappa shape index (κ2) is 37.3. The zero-order chi connectivity index (χ0) is 33.6. The van der Waals surface area contributed by atoms with Crippen LogP contribution in [-0.2, 0) is 42.6 Å². The molecule has 11 heteroatoms. The first kappa shape index (κ1) is 43.5. The molecule has 1 rings (SSSR count). The van der Waals surface area contributed by atoms with Crippen molar-refractivity contribution in [2.45, 2.75) is 71.1 Å². The summed E-state index contributed by atoms with van der Waals surface area (Å²) in [6, 6.07) is 7.28. The van der Waals surface area contributed by atoms with Crippen LogP contribution in [0.5, 0.6) is 5.75 Å². The summed E-state index contributed by atoms with van der Waals surface area (Å²) in [6.07, 6.45) is 13.4. The molecule has 0 aromatic heterocycles. The Labute approximate surface area is 285 Å². The highest BCUT2D eigenvalue weighted by atomic mass is 16.6. The maximum atomic E-state index is 5.65. The highest BCUT2D eigenvalue weighted by Crippen LogP contribution is 2.13. The van der Waals surface area contributed by atoms with Crippen LogP contribution in [0.4, 0.5) is 5.69 Å². The summed E-state index contributed by atoms with van der Waals surface area (Å²) in [7, 11) is 0. The van der Waals surface area contributed by atoms with Crippen molar-refractivity contribution in [3.05, 3.63) is 24.3 Å². The lowest BCUT2D eigenvalue weighted by atomic mass is 10.1. The van der Waals surface area contributed by atoms with Gasteiger partial charge in [0.1, 0.15) is 12.4 Å². The van der Waals surface area contributed by atoms with Gasteiger partial charge >= 0.3 is 0 Å². The van der Waals surface area contributed by atoms with Gasteiger partial charge in [-0.15, -0.1) is 0 Å². The number of hydrogen-bond acceptors (Lipinski definition) is 11. The van der Waals surface area contributed by atoms with E-state index in [1.807, 2.05) is 12.1 Å². The van der Waals surface area contributed by atoms with Gasteiger partial charge in [0.05, 0.1) is 112 Å². The number of hydrogen-bond donors (Lipinski definition) is 1. The van der Waals surface area contributed by atoms with Gasteiger partial charge in [0, 0.05) is 12.3 Å². The lowest BCUT2D eigenvalue weighted by Gasteiger charge is -2.09. The fourth-order valence-corrected chi connectivity index (χ4v) is 4.34. The molecule has 0 unspecified atom stereocenters. The molecule has 47 heavy (non-hydrogen) atoms. The monoisotopic (exact) mass is 673 g/mol. The van der Waals surface area contributed by atoms with Gasteiger partial charge in [-0.2, -0.15) is 0 Å². The van der Waals surface area contributed by atoms with Crippen LogP contribution in [0.1, 0.15) is 71.1 Å². The molecule has 0 atom stereocenters. The summed E-state index contributed by atoms with van der Waals surface area (Å²) in [6.45, 7) is 12.8. The Morgan fingerprint density at radius 2 is 0.617 bits per heavy atom. The minimum atomic E-state index is 0.481. The maximum Gasteiger partial charge on any atom is 0.119 e. The van der Waals surface area contributed by atoms with Crippen molar-refractivity contribution in [3.8, 4) is 5.75 Å². The third kappa shape index (κ3) is 34.1. The molecule has 0 spiro atoms. The predicted octanol–water partition coefficient (Wildman–Crippen LogP) is 5.72. The number of nitrogens with two attached hydrogens (primary N) is 1. The van der Waals surface area contributed by atoms with E-state index in [4.69, 9.17) is 53.1 Å². The Balaban J connectivity index is 1.62. The summed E-state index contributed by atoms with van der Waals surface area (Å²) >= 11 is 0. The van der Waals surface area contributed by atoms with E-state index in [0.29, 0.717) is 125 Å². The zero-order valence-corrected chi connectivity index (χ0v) is 29.5. The van der Waals surface area contributed by atoms with Crippen LogP contribution in [0.25, 0.3) is 0 Å². The quantitative estimate of drug-likeness (QED) is 0.0683. The van der Waals surface area contributed by atoms with Gasteiger partial charge in [-0.1, -0.05) is 64.7 Å². The van der Waals surface area contributed by atoms with E-state index in [0.717, 1.165) is 18.8 Å². The molecule has 0 fully saturated rings. The van der Waals surface area contributed by atoms with Crippen LogP contribution >= 0.6 is 0 Å². The summed E-state index contributed by atoms with van der Waals surface area (Å²) in [5, 5.41) is 0. The number of nitrogen functional groups attached to an aromatic ring is 1. The smallest absolute Gasteiger partial charge is 0.119 e. The fourth-order valence-electron chi connectivity index (χ4n) is 4.34. The minimum absolute atomic E-state index is 0.481. The second-order valence-electron chi connectivity index (χ2n) is 11.1. The van der Waals surface area contributed by atoms with Crippen molar-refractivity contribution in [2.75, 3.05) is 131 Å². The van der Waals surface area contributed by atoms with Gasteiger partial charge in [-0.05, 0) is 30.7 Å². The molecule has 276 valence electrons. The molecular weight excluding hydrogens is 606 g/mol. The van der Waals surface area contributed by atoms with E-state index in [1.54, 1.807) is 12.1 Å². The molecule has 0 heterocycles. The third-order valence-corrected chi connectivity index (χ3v) is 6.99. The minimum Gasteiger partial charge on any atom is -0.491 e. The molecule has 2 N–H and O–H groups in total. The summed E-state index contributed by atoms with van der Waals surface area (Å²) in [5.41, 5.74) is 6.36. The first-order valence-electron chi connectivity index (χ1n) is 18.0. The number of anilines is 1. The van der Waals surface area contributed by atoms with Gasteiger partial charge < -0.3 is 53.1 Å². The molecule has 0 amide bonds. The highest BCUT2D eigenvalue weighted by Gasteiger charge is 1.98. The Hall–Kier alpha value is -1.54. The number of ether oxygens (including phenoxy) is 10. The van der Waals surface area contributed by atoms with Gasteiger partial charge in [0.15, 0.2) is 0 Å². The zero-order valence-electron chi connectivity index (χ0n) is 29.5. The summed E-state index contributed by atoms with van der Waals surface area (Å²) < 4.78 is 55.2. The molecular formula is C36H67NO10. The van der Waals surface area contributed by atoms with Crippen molar-refractivity contribution in [2.24, 2.45) is 0 Å². The SMILES string of the molecule is CCCCCCCCCCCCOCCOCCOCCOCCOCCOCCOCCOCCOCCOc1ccc(N)cc1. The third-order valence-electron chi connectivity index (χ3n) is 6.99. The molecule has 0 bridgehead atoms.